The van der Waals surface area contributed by atoms with Crippen molar-refractivity contribution in [1.82, 2.24) is 10.2 Å². The van der Waals surface area contributed by atoms with Crippen molar-refractivity contribution in [2.24, 2.45) is 4.99 Å². The van der Waals surface area contributed by atoms with Gasteiger partial charge in [-0.15, -0.1) is 0 Å². The Morgan fingerprint density at radius 2 is 1.96 bits per heavy atom. The molecule has 2 N–H and O–H groups in total. The molecule has 0 atom stereocenters. The summed E-state index contributed by atoms with van der Waals surface area (Å²) in [5.74, 6) is 2.00. The number of methoxy groups -OCH3 is 1. The first kappa shape index (κ1) is 19.9. The van der Waals surface area contributed by atoms with Crippen LogP contribution in [0.5, 0.6) is 11.5 Å². The van der Waals surface area contributed by atoms with E-state index in [9.17, 15) is 4.79 Å². The van der Waals surface area contributed by atoms with E-state index in [1.807, 2.05) is 36.9 Å². The lowest BCUT2D eigenvalue weighted by molar-refractivity contribution is -0.130. The van der Waals surface area contributed by atoms with E-state index in [4.69, 9.17) is 9.47 Å². The third kappa shape index (κ3) is 5.82. The van der Waals surface area contributed by atoms with Crippen LogP contribution in [0, 0.1) is 0 Å². The summed E-state index contributed by atoms with van der Waals surface area (Å²) in [4.78, 5) is 18.6. The Hall–Kier alpha value is -2.44. The van der Waals surface area contributed by atoms with Crippen LogP contribution >= 0.6 is 0 Å². The number of hydrogen-bond donors (Lipinski definition) is 2. The summed E-state index contributed by atoms with van der Waals surface area (Å²) >= 11 is 0. The van der Waals surface area contributed by atoms with Crippen LogP contribution in [0.1, 0.15) is 33.1 Å². The number of guanidine groups is 1. The third-order valence-corrected chi connectivity index (χ3v) is 4.15. The number of amides is 1. The van der Waals surface area contributed by atoms with Crippen LogP contribution in [0.15, 0.2) is 23.2 Å². The molecule has 0 unspecified atom stereocenters. The minimum atomic E-state index is 0.0752. The van der Waals surface area contributed by atoms with Gasteiger partial charge in [-0.05, 0) is 45.2 Å². The molecule has 0 radical (unpaired) electrons. The number of aliphatic imine (C=N–C) groups is 1. The largest absolute Gasteiger partial charge is 0.493 e. The standard InChI is InChI=1S/C19H30N4O3/c1-4-20-19(21-14-18(24)23-11-7-6-8-12-23)22-15-9-10-16(26-5-2)17(13-15)25-3/h9-10,13H,4-8,11-12,14H2,1-3H3,(H2,20,21,22). The number of piperidine rings is 1. The summed E-state index contributed by atoms with van der Waals surface area (Å²) in [7, 11) is 1.61. The van der Waals surface area contributed by atoms with Crippen LogP contribution in [0.3, 0.4) is 0 Å². The number of anilines is 1. The monoisotopic (exact) mass is 362 g/mol. The molecule has 0 bridgehead atoms. The van der Waals surface area contributed by atoms with Gasteiger partial charge in [-0.1, -0.05) is 0 Å². The van der Waals surface area contributed by atoms with Crippen molar-refractivity contribution in [3.05, 3.63) is 18.2 Å². The lowest BCUT2D eigenvalue weighted by Crippen LogP contribution is -2.38. The number of carbonyl (C=O) groups is 1. The zero-order valence-corrected chi connectivity index (χ0v) is 16.0. The van der Waals surface area contributed by atoms with Crippen LogP contribution in [0.2, 0.25) is 0 Å². The second-order valence-electron chi connectivity index (χ2n) is 6.06. The second kappa shape index (κ2) is 10.5. The molecule has 2 rings (SSSR count). The van der Waals surface area contributed by atoms with Crippen molar-refractivity contribution < 1.29 is 14.3 Å². The summed E-state index contributed by atoms with van der Waals surface area (Å²) < 4.78 is 10.9. The molecule has 0 aromatic heterocycles. The molecular weight excluding hydrogens is 332 g/mol. The molecule has 1 heterocycles. The van der Waals surface area contributed by atoms with E-state index in [1.54, 1.807) is 7.11 Å². The van der Waals surface area contributed by atoms with Crippen molar-refractivity contribution in [2.45, 2.75) is 33.1 Å². The van der Waals surface area contributed by atoms with E-state index < -0.39 is 0 Å². The Balaban J connectivity index is 2.03. The number of hydrogen-bond acceptors (Lipinski definition) is 4. The van der Waals surface area contributed by atoms with Crippen LogP contribution in [-0.2, 0) is 4.79 Å². The van der Waals surface area contributed by atoms with E-state index in [-0.39, 0.29) is 12.5 Å². The van der Waals surface area contributed by atoms with Crippen LogP contribution in [0.25, 0.3) is 0 Å². The fourth-order valence-electron chi connectivity index (χ4n) is 2.85. The SMILES string of the molecule is CCNC(=NCC(=O)N1CCCCC1)Nc1ccc(OCC)c(OC)c1. The highest BCUT2D eigenvalue weighted by molar-refractivity contribution is 5.95. The number of benzene rings is 1. The van der Waals surface area contributed by atoms with Crippen LogP contribution < -0.4 is 20.1 Å². The highest BCUT2D eigenvalue weighted by Crippen LogP contribution is 2.30. The molecule has 0 spiro atoms. The Labute approximate surface area is 155 Å². The van der Waals surface area contributed by atoms with E-state index in [0.717, 1.165) is 31.6 Å². The van der Waals surface area contributed by atoms with Crippen LogP contribution in [0.4, 0.5) is 5.69 Å². The number of rotatable bonds is 7. The zero-order chi connectivity index (χ0) is 18.8. The number of likely N-dealkylation sites (tertiary alicyclic amines) is 1. The molecule has 0 saturated carbocycles. The number of ether oxygens (including phenoxy) is 2. The fourth-order valence-corrected chi connectivity index (χ4v) is 2.85. The zero-order valence-electron chi connectivity index (χ0n) is 16.0. The molecule has 1 aliphatic heterocycles. The van der Waals surface area contributed by atoms with E-state index in [1.165, 1.54) is 6.42 Å². The molecule has 1 fully saturated rings. The summed E-state index contributed by atoms with van der Waals surface area (Å²) in [6, 6.07) is 5.60. The van der Waals surface area contributed by atoms with Crippen molar-refractivity contribution in [1.29, 1.82) is 0 Å². The first-order chi connectivity index (χ1) is 12.7. The molecule has 7 heteroatoms. The number of carbonyl (C=O) groups excluding carboxylic acids is 1. The maximum absolute atomic E-state index is 12.3. The van der Waals surface area contributed by atoms with Crippen molar-refractivity contribution >= 4 is 17.6 Å². The van der Waals surface area contributed by atoms with E-state index >= 15 is 0 Å². The van der Waals surface area contributed by atoms with E-state index in [0.29, 0.717) is 30.6 Å². The smallest absolute Gasteiger partial charge is 0.244 e. The normalized spacial score (nSPS) is 14.7. The van der Waals surface area contributed by atoms with Gasteiger partial charge in [0.1, 0.15) is 6.54 Å². The van der Waals surface area contributed by atoms with Gasteiger partial charge in [0.25, 0.3) is 0 Å². The topological polar surface area (TPSA) is 75.2 Å². The maximum atomic E-state index is 12.3. The summed E-state index contributed by atoms with van der Waals surface area (Å²) in [6.45, 7) is 7.03. The van der Waals surface area contributed by atoms with Gasteiger partial charge >= 0.3 is 0 Å². The summed E-state index contributed by atoms with van der Waals surface area (Å²) in [5.41, 5.74) is 0.815. The molecule has 1 saturated heterocycles. The molecule has 1 amide bonds. The van der Waals surface area contributed by atoms with Gasteiger partial charge in [0.05, 0.1) is 13.7 Å². The molecule has 7 nitrogen and oxygen atoms in total. The Bertz CT molecular complexity index is 613. The summed E-state index contributed by atoms with van der Waals surface area (Å²) in [6.07, 6.45) is 3.37. The highest BCUT2D eigenvalue weighted by atomic mass is 16.5. The fraction of sp³-hybridized carbons (Fsp3) is 0.579. The summed E-state index contributed by atoms with van der Waals surface area (Å²) in [5, 5.41) is 6.38. The minimum absolute atomic E-state index is 0.0752. The molecule has 1 aromatic carbocycles. The highest BCUT2D eigenvalue weighted by Gasteiger charge is 2.16. The third-order valence-electron chi connectivity index (χ3n) is 4.15. The minimum Gasteiger partial charge on any atom is -0.493 e. The quantitative estimate of drug-likeness (QED) is 0.576. The first-order valence-electron chi connectivity index (χ1n) is 9.31. The van der Waals surface area contributed by atoms with E-state index in [2.05, 4.69) is 15.6 Å². The van der Waals surface area contributed by atoms with Gasteiger partial charge in [0, 0.05) is 31.4 Å². The Kier molecular flexibility index (Phi) is 8.05. The van der Waals surface area contributed by atoms with Gasteiger partial charge in [-0.3, -0.25) is 4.79 Å². The van der Waals surface area contributed by atoms with Gasteiger partial charge in [-0.25, -0.2) is 4.99 Å². The molecular formula is C19H30N4O3. The predicted octanol–water partition coefficient (Wildman–Crippen LogP) is 2.48. The lowest BCUT2D eigenvalue weighted by Gasteiger charge is -2.26. The maximum Gasteiger partial charge on any atom is 0.244 e. The Morgan fingerprint density at radius 1 is 1.19 bits per heavy atom. The number of nitrogens with one attached hydrogen (secondary N) is 2. The molecule has 26 heavy (non-hydrogen) atoms. The second-order valence-corrected chi connectivity index (χ2v) is 6.06. The molecule has 1 aromatic rings. The van der Waals surface area contributed by atoms with Crippen molar-refractivity contribution in [3.63, 3.8) is 0 Å². The molecule has 1 aliphatic rings. The first-order valence-corrected chi connectivity index (χ1v) is 9.31. The average Bonchev–Trinajstić information content (AvgIpc) is 2.68. The Morgan fingerprint density at radius 3 is 2.62 bits per heavy atom. The number of nitrogens with zero attached hydrogens (tertiary/aromatic N) is 2. The van der Waals surface area contributed by atoms with Gasteiger partial charge in [0.15, 0.2) is 17.5 Å². The molecule has 144 valence electrons. The van der Waals surface area contributed by atoms with Gasteiger partial charge in [0.2, 0.25) is 5.91 Å². The average molecular weight is 362 g/mol. The van der Waals surface area contributed by atoms with Gasteiger partial charge in [-0.2, -0.15) is 0 Å². The lowest BCUT2D eigenvalue weighted by atomic mass is 10.1. The predicted molar refractivity (Wildman–Crippen MR) is 104 cm³/mol. The van der Waals surface area contributed by atoms with Gasteiger partial charge < -0.3 is 25.0 Å². The van der Waals surface area contributed by atoms with Crippen LogP contribution in [-0.4, -0.2) is 56.7 Å². The molecule has 0 aliphatic carbocycles. The van der Waals surface area contributed by atoms with Crippen molar-refractivity contribution in [2.75, 3.05) is 45.2 Å². The van der Waals surface area contributed by atoms with Crippen molar-refractivity contribution in [3.8, 4) is 11.5 Å².